The molecule has 0 aliphatic heterocycles. The number of carbonyl (C=O) groups is 1. The Balaban J connectivity index is 0. The molecular weight excluding hydrogens is 384 g/mol. The van der Waals surface area contributed by atoms with Crippen LogP contribution in [0.25, 0.3) is 0 Å². The molecule has 0 amide bonds. The summed E-state index contributed by atoms with van der Waals surface area (Å²) < 4.78 is 0. The molecule has 0 fully saturated rings. The Bertz CT molecular complexity index is 343. The molecule has 2 atom stereocenters. The Hall–Kier alpha value is -0.570. The summed E-state index contributed by atoms with van der Waals surface area (Å²) in [5, 5.41) is 18.3. The van der Waals surface area contributed by atoms with E-state index in [9.17, 15) is 9.90 Å². The molecular formula is C28H58O3. The quantitative estimate of drug-likeness (QED) is 0.164. The fourth-order valence-corrected chi connectivity index (χ4v) is 4.06. The molecule has 0 saturated carbocycles. The molecule has 0 aliphatic rings. The van der Waals surface area contributed by atoms with Gasteiger partial charge in [0, 0.05) is 6.61 Å². The van der Waals surface area contributed by atoms with E-state index in [2.05, 4.69) is 27.7 Å². The summed E-state index contributed by atoms with van der Waals surface area (Å²) in [6.07, 6.45) is 24.3. The molecule has 3 heteroatoms. The average Bonchev–Trinajstić information content (AvgIpc) is 2.77. The molecule has 0 aromatic rings. The highest BCUT2D eigenvalue weighted by molar-refractivity contribution is 5.69. The van der Waals surface area contributed by atoms with Gasteiger partial charge in [-0.1, -0.05) is 130 Å². The molecule has 2 unspecified atom stereocenters. The first kappa shape index (κ1) is 32.6. The maximum Gasteiger partial charge on any atom is 0.306 e. The third-order valence-corrected chi connectivity index (χ3v) is 6.35. The van der Waals surface area contributed by atoms with Gasteiger partial charge in [-0.05, 0) is 31.6 Å². The molecule has 0 heterocycles. The lowest BCUT2D eigenvalue weighted by molar-refractivity contribution is -0.142. The van der Waals surface area contributed by atoms with Crippen LogP contribution in [0.4, 0.5) is 0 Å². The van der Waals surface area contributed by atoms with Crippen LogP contribution in [0, 0.1) is 11.8 Å². The van der Waals surface area contributed by atoms with Gasteiger partial charge in [0.1, 0.15) is 0 Å². The van der Waals surface area contributed by atoms with Gasteiger partial charge in [-0.15, -0.1) is 0 Å². The van der Waals surface area contributed by atoms with Crippen molar-refractivity contribution in [3.63, 3.8) is 0 Å². The number of aliphatic hydroxyl groups excluding tert-OH is 1. The van der Waals surface area contributed by atoms with Gasteiger partial charge in [0.25, 0.3) is 0 Å². The van der Waals surface area contributed by atoms with E-state index in [0.717, 1.165) is 25.7 Å². The number of rotatable bonds is 22. The number of hydrogen-bond acceptors (Lipinski definition) is 2. The lowest BCUT2D eigenvalue weighted by Crippen LogP contribution is -2.13. The Morgan fingerprint density at radius 3 is 1.32 bits per heavy atom. The van der Waals surface area contributed by atoms with Gasteiger partial charge < -0.3 is 10.2 Å². The maximum absolute atomic E-state index is 11.1. The summed E-state index contributed by atoms with van der Waals surface area (Å²) in [6, 6.07) is 0. The number of carboxylic acids is 1. The lowest BCUT2D eigenvalue weighted by Gasteiger charge is -2.12. The molecule has 0 spiro atoms. The smallest absolute Gasteiger partial charge is 0.306 e. The van der Waals surface area contributed by atoms with Gasteiger partial charge in [0.15, 0.2) is 0 Å². The fraction of sp³-hybridized carbons (Fsp3) is 0.964. The van der Waals surface area contributed by atoms with Crippen molar-refractivity contribution in [2.45, 2.75) is 156 Å². The summed E-state index contributed by atoms with van der Waals surface area (Å²) in [7, 11) is 0. The van der Waals surface area contributed by atoms with Crippen molar-refractivity contribution in [3.05, 3.63) is 0 Å². The first-order chi connectivity index (χ1) is 15.1. The molecule has 0 aromatic heterocycles. The molecule has 2 N–H and O–H groups in total. The monoisotopic (exact) mass is 442 g/mol. The Morgan fingerprint density at radius 1 is 0.548 bits per heavy atom. The molecule has 31 heavy (non-hydrogen) atoms. The van der Waals surface area contributed by atoms with Crippen molar-refractivity contribution in [2.24, 2.45) is 11.8 Å². The average molecular weight is 443 g/mol. The molecule has 0 rings (SSSR count). The second-order valence-electron chi connectivity index (χ2n) is 9.48. The second-order valence-corrected chi connectivity index (χ2v) is 9.48. The van der Waals surface area contributed by atoms with Gasteiger partial charge in [0.05, 0.1) is 5.92 Å². The van der Waals surface area contributed by atoms with Gasteiger partial charge in [-0.25, -0.2) is 0 Å². The van der Waals surface area contributed by atoms with E-state index in [0.29, 0.717) is 12.5 Å². The van der Waals surface area contributed by atoms with E-state index in [1.54, 1.807) is 0 Å². The zero-order chi connectivity index (χ0) is 23.6. The van der Waals surface area contributed by atoms with Crippen molar-refractivity contribution in [1.82, 2.24) is 0 Å². The third-order valence-electron chi connectivity index (χ3n) is 6.35. The first-order valence-corrected chi connectivity index (χ1v) is 13.9. The minimum Gasteiger partial charge on any atom is -0.481 e. The highest BCUT2D eigenvalue weighted by atomic mass is 16.4. The van der Waals surface area contributed by atoms with Crippen LogP contribution < -0.4 is 0 Å². The van der Waals surface area contributed by atoms with Crippen LogP contribution in [-0.2, 0) is 4.79 Å². The van der Waals surface area contributed by atoms with Crippen LogP contribution in [0.2, 0.25) is 0 Å². The standard InChI is InChI=1S/C16H32O2.C12H26O/c1-3-5-7-9-10-12-14-15(16(17)18)13-11-8-6-4-2;1-3-5-7-8-10-12(11-13)9-6-4-2/h15H,3-14H2,1-2H3,(H,17,18);12-13H,3-11H2,1-2H3. The molecule has 0 aromatic carbocycles. The van der Waals surface area contributed by atoms with Crippen molar-refractivity contribution in [2.75, 3.05) is 6.61 Å². The van der Waals surface area contributed by atoms with E-state index < -0.39 is 5.97 Å². The summed E-state index contributed by atoms with van der Waals surface area (Å²) in [5.74, 6) is -0.0927. The Kier molecular flexibility index (Phi) is 28.9. The summed E-state index contributed by atoms with van der Waals surface area (Å²) >= 11 is 0. The van der Waals surface area contributed by atoms with Crippen molar-refractivity contribution in [1.29, 1.82) is 0 Å². The SMILES string of the molecule is CCCCCCC(CO)CCCC.CCCCCCCCC(CCCCCC)C(=O)O. The third kappa shape index (κ3) is 25.6. The summed E-state index contributed by atoms with van der Waals surface area (Å²) in [6.45, 7) is 9.25. The van der Waals surface area contributed by atoms with E-state index in [4.69, 9.17) is 5.11 Å². The molecule has 0 aliphatic carbocycles. The number of hydrogen-bond donors (Lipinski definition) is 2. The predicted molar refractivity (Wildman–Crippen MR) is 137 cm³/mol. The van der Waals surface area contributed by atoms with Crippen LogP contribution in [0.3, 0.4) is 0 Å². The minimum absolute atomic E-state index is 0.0898. The van der Waals surface area contributed by atoms with Crippen LogP contribution in [0.1, 0.15) is 156 Å². The summed E-state index contributed by atoms with van der Waals surface area (Å²) in [4.78, 5) is 11.1. The van der Waals surface area contributed by atoms with E-state index in [-0.39, 0.29) is 5.92 Å². The van der Waals surface area contributed by atoms with Crippen LogP contribution >= 0.6 is 0 Å². The Morgan fingerprint density at radius 2 is 0.903 bits per heavy atom. The zero-order valence-electron chi connectivity index (χ0n) is 21.8. The van der Waals surface area contributed by atoms with Crippen molar-refractivity contribution in [3.8, 4) is 0 Å². The number of carboxylic acid groups (broad SMARTS) is 1. The topological polar surface area (TPSA) is 57.5 Å². The van der Waals surface area contributed by atoms with E-state index in [1.807, 2.05) is 0 Å². The van der Waals surface area contributed by atoms with Gasteiger partial charge in [0.2, 0.25) is 0 Å². The van der Waals surface area contributed by atoms with Crippen molar-refractivity contribution >= 4 is 5.97 Å². The minimum atomic E-state index is -0.583. The van der Waals surface area contributed by atoms with E-state index in [1.165, 1.54) is 103 Å². The molecule has 3 nitrogen and oxygen atoms in total. The number of unbranched alkanes of at least 4 members (excludes halogenated alkanes) is 12. The molecule has 0 radical (unpaired) electrons. The lowest BCUT2D eigenvalue weighted by atomic mass is 9.94. The van der Waals surface area contributed by atoms with Crippen LogP contribution in [0.5, 0.6) is 0 Å². The fourth-order valence-electron chi connectivity index (χ4n) is 4.06. The maximum atomic E-state index is 11.1. The normalized spacial score (nSPS) is 12.8. The predicted octanol–water partition coefficient (Wildman–Crippen LogP) is 9.16. The van der Waals surface area contributed by atoms with Crippen LogP contribution in [-0.4, -0.2) is 22.8 Å². The number of aliphatic hydroxyl groups is 1. The Labute approximate surface area is 195 Å². The highest BCUT2D eigenvalue weighted by Crippen LogP contribution is 2.19. The highest BCUT2D eigenvalue weighted by Gasteiger charge is 2.16. The molecule has 0 bridgehead atoms. The largest absolute Gasteiger partial charge is 0.481 e. The second kappa shape index (κ2) is 27.5. The van der Waals surface area contributed by atoms with Crippen molar-refractivity contribution < 1.29 is 15.0 Å². The summed E-state index contributed by atoms with van der Waals surface area (Å²) in [5.41, 5.74) is 0. The molecule has 0 saturated heterocycles. The van der Waals surface area contributed by atoms with Crippen LogP contribution in [0.15, 0.2) is 0 Å². The van der Waals surface area contributed by atoms with Gasteiger partial charge >= 0.3 is 5.97 Å². The van der Waals surface area contributed by atoms with Gasteiger partial charge in [-0.2, -0.15) is 0 Å². The molecule has 188 valence electrons. The van der Waals surface area contributed by atoms with Gasteiger partial charge in [-0.3, -0.25) is 4.79 Å². The zero-order valence-corrected chi connectivity index (χ0v) is 21.8. The number of aliphatic carboxylic acids is 1. The first-order valence-electron chi connectivity index (χ1n) is 13.9. The van der Waals surface area contributed by atoms with E-state index >= 15 is 0 Å².